The van der Waals surface area contributed by atoms with E-state index in [0.29, 0.717) is 30.5 Å². The lowest BCUT2D eigenvalue weighted by molar-refractivity contribution is -0.145. The monoisotopic (exact) mass is 466 g/mol. The number of nitrogens with two attached hydrogens (primary N) is 1. The first-order valence-corrected chi connectivity index (χ1v) is 13.7. The fraction of sp³-hybridized carbons (Fsp3) is 0.714. The first kappa shape index (κ1) is 23.8. The minimum Gasteiger partial charge on any atom is -0.354 e. The van der Waals surface area contributed by atoms with Crippen LogP contribution in [0.1, 0.15) is 69.8 Å². The van der Waals surface area contributed by atoms with E-state index in [1.807, 2.05) is 4.90 Å². The van der Waals surface area contributed by atoms with E-state index < -0.39 is 0 Å². The summed E-state index contributed by atoms with van der Waals surface area (Å²) < 4.78 is 0. The zero-order valence-corrected chi connectivity index (χ0v) is 20.5. The Morgan fingerprint density at radius 1 is 0.941 bits per heavy atom. The normalized spacial score (nSPS) is 29.8. The first-order chi connectivity index (χ1) is 16.6. The molecule has 3 aliphatic carbocycles. The number of carbonyl (C=O) groups is 2. The average Bonchev–Trinajstić information content (AvgIpc) is 3.79. The van der Waals surface area contributed by atoms with Gasteiger partial charge in [-0.1, -0.05) is 36.8 Å². The Labute approximate surface area is 204 Å². The van der Waals surface area contributed by atoms with E-state index >= 15 is 0 Å². The molecule has 1 aromatic carbocycles. The number of rotatable bonds is 9. The minimum atomic E-state index is -0.335. The molecule has 3 N–H and O–H groups in total. The van der Waals surface area contributed by atoms with Crippen LogP contribution in [0.3, 0.4) is 0 Å². The third-order valence-electron chi connectivity index (χ3n) is 8.57. The van der Waals surface area contributed by atoms with Crippen molar-refractivity contribution in [3.8, 4) is 0 Å². The standard InChI is InChI=1S/C28H42N4O2/c29-17-21-7-4-8-22(15-21)18-30-27(33)26-16-25(13-14-31(26)28(34)23-9-10-23)32(24-11-12-24)19-20-5-2-1-3-6-20/h1-3,5-6,21-26H,4,7-19,29H2,(H,30,33)/t21?,22?,25?,26-/m1/s1. The molecule has 34 heavy (non-hydrogen) atoms. The number of piperidine rings is 1. The molecule has 3 saturated carbocycles. The number of nitrogens with one attached hydrogen (secondary N) is 1. The summed E-state index contributed by atoms with van der Waals surface area (Å²) >= 11 is 0. The van der Waals surface area contributed by atoms with Gasteiger partial charge in [-0.15, -0.1) is 0 Å². The molecular formula is C28H42N4O2. The molecule has 1 saturated heterocycles. The van der Waals surface area contributed by atoms with Crippen LogP contribution in [0.4, 0.5) is 0 Å². The van der Waals surface area contributed by atoms with Crippen molar-refractivity contribution >= 4 is 11.8 Å². The summed E-state index contributed by atoms with van der Waals surface area (Å²) in [5, 5.41) is 3.27. The Hall–Kier alpha value is -1.92. The number of amides is 2. The highest BCUT2D eigenvalue weighted by molar-refractivity contribution is 5.89. The third kappa shape index (κ3) is 5.83. The van der Waals surface area contributed by atoms with Crippen LogP contribution in [0.25, 0.3) is 0 Å². The molecule has 4 aliphatic rings. The highest BCUT2D eigenvalue weighted by Gasteiger charge is 2.44. The van der Waals surface area contributed by atoms with Gasteiger partial charge in [0.25, 0.3) is 0 Å². The first-order valence-electron chi connectivity index (χ1n) is 13.7. The molecule has 1 aliphatic heterocycles. The summed E-state index contributed by atoms with van der Waals surface area (Å²) in [5.74, 6) is 1.52. The van der Waals surface area contributed by atoms with Crippen molar-refractivity contribution < 1.29 is 9.59 Å². The largest absolute Gasteiger partial charge is 0.354 e. The van der Waals surface area contributed by atoms with E-state index in [9.17, 15) is 9.59 Å². The molecule has 186 valence electrons. The zero-order valence-electron chi connectivity index (χ0n) is 20.5. The molecule has 0 spiro atoms. The second kappa shape index (κ2) is 10.8. The van der Waals surface area contributed by atoms with Crippen molar-refractivity contribution in [2.75, 3.05) is 19.6 Å². The van der Waals surface area contributed by atoms with E-state index in [-0.39, 0.29) is 23.8 Å². The summed E-state index contributed by atoms with van der Waals surface area (Å²) in [6.07, 6.45) is 10.9. The summed E-state index contributed by atoms with van der Waals surface area (Å²) in [6.45, 7) is 3.10. The second-order valence-electron chi connectivity index (χ2n) is 11.3. The fourth-order valence-corrected chi connectivity index (χ4v) is 6.25. The van der Waals surface area contributed by atoms with Gasteiger partial charge in [-0.3, -0.25) is 14.5 Å². The quantitative estimate of drug-likeness (QED) is 0.585. The van der Waals surface area contributed by atoms with Crippen LogP contribution in [0, 0.1) is 17.8 Å². The molecule has 0 bridgehead atoms. The Balaban J connectivity index is 1.25. The van der Waals surface area contributed by atoms with Crippen LogP contribution < -0.4 is 11.1 Å². The summed E-state index contributed by atoms with van der Waals surface area (Å²) in [7, 11) is 0. The van der Waals surface area contributed by atoms with Crippen molar-refractivity contribution in [2.45, 2.75) is 88.9 Å². The number of hydrogen-bond donors (Lipinski definition) is 2. The number of hydrogen-bond acceptors (Lipinski definition) is 4. The maximum atomic E-state index is 13.5. The van der Waals surface area contributed by atoms with E-state index in [1.165, 1.54) is 37.7 Å². The average molecular weight is 467 g/mol. The van der Waals surface area contributed by atoms with Gasteiger partial charge in [0.1, 0.15) is 6.04 Å². The zero-order chi connectivity index (χ0) is 23.5. The Bertz CT molecular complexity index is 838. The van der Waals surface area contributed by atoms with Gasteiger partial charge in [-0.2, -0.15) is 0 Å². The maximum Gasteiger partial charge on any atom is 0.242 e. The lowest BCUT2D eigenvalue weighted by Gasteiger charge is -2.43. The molecule has 6 nitrogen and oxygen atoms in total. The van der Waals surface area contributed by atoms with Crippen molar-refractivity contribution in [1.82, 2.24) is 15.1 Å². The number of nitrogens with zero attached hydrogens (tertiary/aromatic N) is 2. The van der Waals surface area contributed by atoms with E-state index in [2.05, 4.69) is 40.5 Å². The van der Waals surface area contributed by atoms with Crippen LogP contribution in [0.5, 0.6) is 0 Å². The van der Waals surface area contributed by atoms with E-state index in [1.54, 1.807) is 0 Å². The van der Waals surface area contributed by atoms with Crippen LogP contribution >= 0.6 is 0 Å². The van der Waals surface area contributed by atoms with Gasteiger partial charge in [-0.05, 0) is 81.7 Å². The van der Waals surface area contributed by atoms with Gasteiger partial charge in [0.05, 0.1) is 0 Å². The van der Waals surface area contributed by atoms with Crippen molar-refractivity contribution in [2.24, 2.45) is 23.5 Å². The smallest absolute Gasteiger partial charge is 0.242 e. The molecule has 3 unspecified atom stereocenters. The molecule has 4 fully saturated rings. The lowest BCUT2D eigenvalue weighted by atomic mass is 9.81. The number of benzene rings is 1. The molecule has 0 radical (unpaired) electrons. The molecule has 6 heteroatoms. The topological polar surface area (TPSA) is 78.7 Å². The second-order valence-corrected chi connectivity index (χ2v) is 11.3. The maximum absolute atomic E-state index is 13.5. The molecular weight excluding hydrogens is 424 g/mol. The molecule has 2 amide bonds. The summed E-state index contributed by atoms with van der Waals surface area (Å²) in [5.41, 5.74) is 7.25. The van der Waals surface area contributed by atoms with E-state index in [4.69, 9.17) is 5.73 Å². The van der Waals surface area contributed by atoms with Gasteiger partial charge in [0.15, 0.2) is 0 Å². The highest BCUT2D eigenvalue weighted by Crippen LogP contribution is 2.37. The summed E-state index contributed by atoms with van der Waals surface area (Å²) in [4.78, 5) is 31.2. The Kier molecular flexibility index (Phi) is 7.55. The van der Waals surface area contributed by atoms with Crippen LogP contribution in [0.15, 0.2) is 30.3 Å². The van der Waals surface area contributed by atoms with Gasteiger partial charge in [-0.25, -0.2) is 0 Å². The van der Waals surface area contributed by atoms with Gasteiger partial charge in [0, 0.05) is 37.6 Å². The third-order valence-corrected chi connectivity index (χ3v) is 8.57. The molecule has 1 heterocycles. The van der Waals surface area contributed by atoms with Crippen LogP contribution in [-0.2, 0) is 16.1 Å². The SMILES string of the molecule is NCC1CCCC(CNC(=O)[C@H]2CC(N(Cc3ccccc3)C3CC3)CCN2C(=O)C2CC2)C1. The summed E-state index contributed by atoms with van der Waals surface area (Å²) in [6, 6.07) is 11.3. The number of likely N-dealkylation sites (tertiary alicyclic amines) is 1. The molecule has 0 aromatic heterocycles. The van der Waals surface area contributed by atoms with Gasteiger partial charge >= 0.3 is 0 Å². The lowest BCUT2D eigenvalue weighted by Crippen LogP contribution is -2.58. The molecule has 4 atom stereocenters. The van der Waals surface area contributed by atoms with Crippen LogP contribution in [-0.4, -0.2) is 59.4 Å². The van der Waals surface area contributed by atoms with Crippen molar-refractivity contribution in [3.05, 3.63) is 35.9 Å². The molecule has 1 aromatic rings. The van der Waals surface area contributed by atoms with Crippen molar-refractivity contribution in [3.63, 3.8) is 0 Å². The van der Waals surface area contributed by atoms with Gasteiger partial charge < -0.3 is 16.0 Å². The van der Waals surface area contributed by atoms with Gasteiger partial charge in [0.2, 0.25) is 11.8 Å². The Morgan fingerprint density at radius 2 is 1.71 bits per heavy atom. The fourth-order valence-electron chi connectivity index (χ4n) is 6.25. The predicted octanol–water partition coefficient (Wildman–Crippen LogP) is 3.30. The predicted molar refractivity (Wildman–Crippen MR) is 134 cm³/mol. The minimum absolute atomic E-state index is 0.0593. The van der Waals surface area contributed by atoms with E-state index in [0.717, 1.165) is 51.7 Å². The van der Waals surface area contributed by atoms with Crippen LogP contribution in [0.2, 0.25) is 0 Å². The van der Waals surface area contributed by atoms with Crippen molar-refractivity contribution in [1.29, 1.82) is 0 Å². The number of carbonyl (C=O) groups excluding carboxylic acids is 2. The Morgan fingerprint density at radius 3 is 2.41 bits per heavy atom. The molecule has 5 rings (SSSR count). The highest BCUT2D eigenvalue weighted by atomic mass is 16.2.